The highest BCUT2D eigenvalue weighted by atomic mass is 16.6. The highest BCUT2D eigenvalue weighted by Gasteiger charge is 2.18. The molecule has 0 spiro atoms. The zero-order valence-electron chi connectivity index (χ0n) is 15.1. The average Bonchev–Trinajstić information content (AvgIpc) is 3.11. The molecular weight excluding hydrogens is 342 g/mol. The van der Waals surface area contributed by atoms with Crippen molar-refractivity contribution in [3.8, 4) is 6.07 Å². The Balaban J connectivity index is 2.05. The normalized spacial score (nSPS) is 11.4. The molecule has 7 heteroatoms. The van der Waals surface area contributed by atoms with Crippen LogP contribution in [0.1, 0.15) is 25.2 Å². The molecule has 3 rings (SSSR count). The second-order valence-corrected chi connectivity index (χ2v) is 5.95. The number of imidazole rings is 1. The molecule has 0 fully saturated rings. The van der Waals surface area contributed by atoms with E-state index in [2.05, 4.69) is 16.0 Å². The van der Waals surface area contributed by atoms with Crippen LogP contribution in [0.5, 0.6) is 0 Å². The smallest absolute Gasteiger partial charge is 0.293 e. The molecular formula is C20H19N5O2. The van der Waals surface area contributed by atoms with E-state index in [1.54, 1.807) is 18.2 Å². The molecule has 27 heavy (non-hydrogen) atoms. The lowest BCUT2D eigenvalue weighted by atomic mass is 10.1. The maximum Gasteiger partial charge on any atom is 0.293 e. The predicted molar refractivity (Wildman–Crippen MR) is 106 cm³/mol. The molecule has 7 nitrogen and oxygen atoms in total. The third kappa shape index (κ3) is 3.65. The summed E-state index contributed by atoms with van der Waals surface area (Å²) >= 11 is 0. The fraction of sp³-hybridized carbons (Fsp3) is 0.200. The molecule has 0 unspecified atom stereocenters. The van der Waals surface area contributed by atoms with Crippen LogP contribution in [-0.2, 0) is 0 Å². The van der Waals surface area contributed by atoms with Crippen molar-refractivity contribution in [1.29, 1.82) is 5.26 Å². The standard InChI is InChI=1S/C20H19N5O2/c1-3-24(4-2)18-10-9-14(12-19(18)25(26)27)11-15(13-21)20-22-16-7-5-6-8-17(16)23-20/h5-12H,3-4H2,1-2H3,(H,22,23). The molecule has 0 aliphatic rings. The van der Waals surface area contributed by atoms with Crippen LogP contribution in [0.15, 0.2) is 42.5 Å². The molecule has 0 saturated heterocycles. The Bertz CT molecular complexity index is 1020. The van der Waals surface area contributed by atoms with E-state index in [9.17, 15) is 15.4 Å². The number of hydrogen-bond acceptors (Lipinski definition) is 5. The summed E-state index contributed by atoms with van der Waals surface area (Å²) in [6, 6.07) is 14.6. The van der Waals surface area contributed by atoms with Gasteiger partial charge in [0.25, 0.3) is 5.69 Å². The molecule has 0 bridgehead atoms. The Kier molecular flexibility index (Phi) is 5.18. The topological polar surface area (TPSA) is 98.8 Å². The number of para-hydroxylation sites is 2. The number of H-pyrrole nitrogens is 1. The van der Waals surface area contributed by atoms with Gasteiger partial charge in [-0.3, -0.25) is 10.1 Å². The van der Waals surface area contributed by atoms with Gasteiger partial charge in [-0.05, 0) is 43.7 Å². The van der Waals surface area contributed by atoms with E-state index >= 15 is 0 Å². The van der Waals surface area contributed by atoms with Crippen molar-refractivity contribution in [3.63, 3.8) is 0 Å². The van der Waals surface area contributed by atoms with Gasteiger partial charge in [-0.1, -0.05) is 18.2 Å². The number of rotatable bonds is 6. The highest BCUT2D eigenvalue weighted by Crippen LogP contribution is 2.30. The average molecular weight is 361 g/mol. The van der Waals surface area contributed by atoms with Gasteiger partial charge in [0.15, 0.2) is 0 Å². The van der Waals surface area contributed by atoms with Crippen molar-refractivity contribution in [2.24, 2.45) is 0 Å². The quantitative estimate of drug-likeness (QED) is 0.399. The molecule has 2 aromatic carbocycles. The number of nitriles is 1. The summed E-state index contributed by atoms with van der Waals surface area (Å²) in [6.07, 6.45) is 1.61. The number of benzene rings is 2. The molecule has 0 radical (unpaired) electrons. The number of nitro groups is 1. The zero-order valence-corrected chi connectivity index (χ0v) is 15.1. The summed E-state index contributed by atoms with van der Waals surface area (Å²) in [5.41, 5.74) is 3.08. The van der Waals surface area contributed by atoms with E-state index in [0.29, 0.717) is 35.7 Å². The van der Waals surface area contributed by atoms with E-state index < -0.39 is 4.92 Å². The third-order valence-electron chi connectivity index (χ3n) is 4.38. The zero-order chi connectivity index (χ0) is 19.4. The van der Waals surface area contributed by atoms with Crippen LogP contribution in [0.3, 0.4) is 0 Å². The third-order valence-corrected chi connectivity index (χ3v) is 4.38. The molecule has 0 saturated carbocycles. The van der Waals surface area contributed by atoms with Gasteiger partial charge in [-0.2, -0.15) is 5.26 Å². The van der Waals surface area contributed by atoms with Crippen LogP contribution in [0.2, 0.25) is 0 Å². The summed E-state index contributed by atoms with van der Waals surface area (Å²) in [5.74, 6) is 0.439. The van der Waals surface area contributed by atoms with Crippen LogP contribution in [0.4, 0.5) is 11.4 Å². The molecule has 1 aromatic heterocycles. The number of fused-ring (bicyclic) bond motifs is 1. The SMILES string of the molecule is CCN(CC)c1ccc(C=C(C#N)c2nc3ccccc3[nH]2)cc1[N+](=O)[O-]. The van der Waals surface area contributed by atoms with E-state index in [-0.39, 0.29) is 5.69 Å². The van der Waals surface area contributed by atoms with Gasteiger partial charge >= 0.3 is 0 Å². The fourth-order valence-electron chi connectivity index (χ4n) is 3.01. The summed E-state index contributed by atoms with van der Waals surface area (Å²) in [4.78, 5) is 20.6. The van der Waals surface area contributed by atoms with Gasteiger partial charge < -0.3 is 9.88 Å². The Morgan fingerprint density at radius 3 is 2.67 bits per heavy atom. The lowest BCUT2D eigenvalue weighted by Crippen LogP contribution is -2.22. The van der Waals surface area contributed by atoms with Crippen molar-refractivity contribution in [2.45, 2.75) is 13.8 Å². The van der Waals surface area contributed by atoms with Gasteiger partial charge in [-0.15, -0.1) is 0 Å². The van der Waals surface area contributed by atoms with Crippen molar-refractivity contribution in [1.82, 2.24) is 9.97 Å². The van der Waals surface area contributed by atoms with Crippen molar-refractivity contribution < 1.29 is 4.92 Å². The predicted octanol–water partition coefficient (Wildman–Crippen LogP) is 4.38. The first-order valence-electron chi connectivity index (χ1n) is 8.67. The number of nitro benzene ring substituents is 1. The minimum atomic E-state index is -0.391. The van der Waals surface area contributed by atoms with Crippen LogP contribution >= 0.6 is 0 Å². The second kappa shape index (κ2) is 7.70. The first kappa shape index (κ1) is 18.1. The van der Waals surface area contributed by atoms with E-state index in [1.165, 1.54) is 6.07 Å². The van der Waals surface area contributed by atoms with E-state index in [1.807, 2.05) is 43.0 Å². The number of hydrogen-bond donors (Lipinski definition) is 1. The minimum absolute atomic E-state index is 0.0225. The summed E-state index contributed by atoms with van der Waals surface area (Å²) in [5, 5.41) is 21.1. The molecule has 0 atom stereocenters. The Morgan fingerprint density at radius 1 is 1.30 bits per heavy atom. The van der Waals surface area contributed by atoms with E-state index in [0.717, 1.165) is 11.0 Å². The van der Waals surface area contributed by atoms with Gasteiger partial charge in [0.2, 0.25) is 0 Å². The number of aromatic nitrogens is 2. The molecule has 1 heterocycles. The minimum Gasteiger partial charge on any atom is -0.367 e. The second-order valence-electron chi connectivity index (χ2n) is 5.95. The van der Waals surface area contributed by atoms with E-state index in [4.69, 9.17) is 0 Å². The maximum absolute atomic E-state index is 11.5. The van der Waals surface area contributed by atoms with Crippen LogP contribution < -0.4 is 4.90 Å². The van der Waals surface area contributed by atoms with Gasteiger partial charge in [-0.25, -0.2) is 4.98 Å². The van der Waals surface area contributed by atoms with Crippen molar-refractivity contribution >= 4 is 34.1 Å². The van der Waals surface area contributed by atoms with Crippen LogP contribution in [0, 0.1) is 21.4 Å². The number of nitrogens with one attached hydrogen (secondary N) is 1. The number of nitrogens with zero attached hydrogens (tertiary/aromatic N) is 4. The van der Waals surface area contributed by atoms with Crippen LogP contribution in [-0.4, -0.2) is 28.0 Å². The van der Waals surface area contributed by atoms with Gasteiger partial charge in [0.05, 0.1) is 21.5 Å². The van der Waals surface area contributed by atoms with Gasteiger partial charge in [0, 0.05) is 19.2 Å². The molecule has 1 N–H and O–H groups in total. The molecule has 0 amide bonds. The molecule has 3 aromatic rings. The van der Waals surface area contributed by atoms with Crippen LogP contribution in [0.25, 0.3) is 22.7 Å². The first-order chi connectivity index (χ1) is 13.1. The number of allylic oxidation sites excluding steroid dienone is 1. The monoisotopic (exact) mass is 361 g/mol. The molecule has 0 aliphatic carbocycles. The largest absolute Gasteiger partial charge is 0.367 e. The highest BCUT2D eigenvalue weighted by molar-refractivity contribution is 5.90. The Hall–Kier alpha value is -3.66. The lowest BCUT2D eigenvalue weighted by Gasteiger charge is -2.20. The Morgan fingerprint density at radius 2 is 2.04 bits per heavy atom. The van der Waals surface area contributed by atoms with Crippen molar-refractivity contribution in [3.05, 3.63) is 64.0 Å². The van der Waals surface area contributed by atoms with Crippen molar-refractivity contribution in [2.75, 3.05) is 18.0 Å². The summed E-state index contributed by atoms with van der Waals surface area (Å²) in [6.45, 7) is 5.26. The lowest BCUT2D eigenvalue weighted by molar-refractivity contribution is -0.384. The maximum atomic E-state index is 11.5. The van der Waals surface area contributed by atoms with Gasteiger partial charge in [0.1, 0.15) is 17.6 Å². The number of anilines is 1. The molecule has 0 aliphatic heterocycles. The first-order valence-corrected chi connectivity index (χ1v) is 8.67. The molecule has 136 valence electrons. The summed E-state index contributed by atoms with van der Waals surface area (Å²) < 4.78 is 0. The Labute approximate surface area is 156 Å². The number of aromatic amines is 1. The fourth-order valence-corrected chi connectivity index (χ4v) is 3.01. The summed E-state index contributed by atoms with van der Waals surface area (Å²) in [7, 11) is 0.